The van der Waals surface area contributed by atoms with Crippen LogP contribution in [0.1, 0.15) is 6.42 Å². The molecule has 0 fully saturated rings. The van der Waals surface area contributed by atoms with E-state index < -0.39 is 35.9 Å². The van der Waals surface area contributed by atoms with E-state index >= 15 is 0 Å². The summed E-state index contributed by atoms with van der Waals surface area (Å²) < 4.78 is 1.72. The molecule has 11 nitrogen and oxygen atoms in total. The van der Waals surface area contributed by atoms with Crippen LogP contribution in [0.4, 0.5) is 5.95 Å². The average molecular weight is 367 g/mol. The molecule has 0 aliphatic rings. The highest BCUT2D eigenvalue weighted by Gasteiger charge is 2.42. The SMILES string of the molecule is Cn1cnc2nc(NCC(=O)C(O)(CC(=O)O)C[N+](C)(C)C)[nH]c(=O)c21. The summed E-state index contributed by atoms with van der Waals surface area (Å²) in [6.45, 7) is -0.478. The lowest BCUT2D eigenvalue weighted by atomic mass is 9.93. The number of aromatic nitrogens is 4. The molecular formula is C15H23N6O5+. The number of aromatic amines is 1. The minimum Gasteiger partial charge on any atom is -0.481 e. The first kappa shape index (κ1) is 19.5. The molecule has 0 aromatic carbocycles. The van der Waals surface area contributed by atoms with Gasteiger partial charge in [-0.25, -0.2) is 4.98 Å². The van der Waals surface area contributed by atoms with Gasteiger partial charge in [-0.2, -0.15) is 4.98 Å². The number of aliphatic hydroxyl groups is 1. The number of likely N-dealkylation sites (N-methyl/N-ethyl adjacent to an activating group) is 1. The zero-order chi connectivity index (χ0) is 19.7. The van der Waals surface area contributed by atoms with Crippen molar-refractivity contribution in [2.24, 2.45) is 7.05 Å². The van der Waals surface area contributed by atoms with Gasteiger partial charge in [0.05, 0.1) is 40.4 Å². The molecule has 26 heavy (non-hydrogen) atoms. The number of nitrogens with one attached hydrogen (secondary N) is 2. The average Bonchev–Trinajstić information content (AvgIpc) is 2.83. The number of rotatable bonds is 8. The van der Waals surface area contributed by atoms with Gasteiger partial charge in [-0.15, -0.1) is 0 Å². The second kappa shape index (κ2) is 6.84. The van der Waals surface area contributed by atoms with E-state index in [-0.39, 0.29) is 28.1 Å². The van der Waals surface area contributed by atoms with Gasteiger partial charge in [-0.1, -0.05) is 0 Å². The van der Waals surface area contributed by atoms with Crippen LogP contribution in [0.2, 0.25) is 0 Å². The second-order valence-electron chi connectivity index (χ2n) is 7.27. The first-order chi connectivity index (χ1) is 11.9. The van der Waals surface area contributed by atoms with Crippen LogP contribution in [-0.2, 0) is 16.6 Å². The number of aliphatic carboxylic acids is 1. The Morgan fingerprint density at radius 3 is 2.62 bits per heavy atom. The monoisotopic (exact) mass is 367 g/mol. The third-order valence-corrected chi connectivity index (χ3v) is 3.70. The van der Waals surface area contributed by atoms with Crippen LogP contribution < -0.4 is 10.9 Å². The van der Waals surface area contributed by atoms with E-state index in [4.69, 9.17) is 5.11 Å². The highest BCUT2D eigenvalue weighted by atomic mass is 16.4. The minimum atomic E-state index is -2.05. The maximum absolute atomic E-state index is 12.5. The number of imidazole rings is 1. The fraction of sp³-hybridized carbons (Fsp3) is 0.533. The van der Waals surface area contributed by atoms with Crippen molar-refractivity contribution in [2.45, 2.75) is 12.0 Å². The van der Waals surface area contributed by atoms with Crippen LogP contribution in [0.15, 0.2) is 11.1 Å². The van der Waals surface area contributed by atoms with Crippen LogP contribution in [0, 0.1) is 0 Å². The molecule has 2 rings (SSSR count). The summed E-state index contributed by atoms with van der Waals surface area (Å²) in [5, 5.41) is 22.3. The number of hydrogen-bond acceptors (Lipinski definition) is 7. The van der Waals surface area contributed by atoms with Gasteiger partial charge < -0.3 is 24.6 Å². The minimum absolute atomic E-state index is 0.0115. The fourth-order valence-electron chi connectivity index (χ4n) is 2.75. The van der Waals surface area contributed by atoms with Gasteiger partial charge in [0.2, 0.25) is 5.95 Å². The number of fused-ring (bicyclic) bond motifs is 1. The number of ketones is 1. The van der Waals surface area contributed by atoms with E-state index in [2.05, 4.69) is 20.3 Å². The predicted octanol–water partition coefficient (Wildman–Crippen LogP) is -1.45. The summed E-state index contributed by atoms with van der Waals surface area (Å²) in [6, 6.07) is 0. The topological polar surface area (TPSA) is 150 Å². The maximum atomic E-state index is 12.5. The van der Waals surface area contributed by atoms with Crippen molar-refractivity contribution in [1.29, 1.82) is 0 Å². The van der Waals surface area contributed by atoms with Gasteiger partial charge in [0.1, 0.15) is 6.54 Å². The summed E-state index contributed by atoms with van der Waals surface area (Å²) >= 11 is 0. The van der Waals surface area contributed by atoms with Crippen molar-refractivity contribution in [1.82, 2.24) is 19.5 Å². The number of hydrogen-bond donors (Lipinski definition) is 4. The molecule has 1 unspecified atom stereocenters. The lowest BCUT2D eigenvalue weighted by molar-refractivity contribution is -0.875. The third kappa shape index (κ3) is 4.43. The smallest absolute Gasteiger partial charge is 0.306 e. The van der Waals surface area contributed by atoms with Crippen molar-refractivity contribution >= 4 is 28.9 Å². The van der Waals surface area contributed by atoms with Gasteiger partial charge in [0.15, 0.2) is 22.5 Å². The maximum Gasteiger partial charge on any atom is 0.306 e. The Kier molecular flexibility index (Phi) is 5.14. The molecule has 1 atom stereocenters. The molecule has 0 spiro atoms. The second-order valence-corrected chi connectivity index (χ2v) is 7.27. The first-order valence-corrected chi connectivity index (χ1v) is 7.84. The number of H-pyrrole nitrogens is 1. The highest BCUT2D eigenvalue weighted by molar-refractivity contribution is 5.93. The van der Waals surface area contributed by atoms with Crippen molar-refractivity contribution in [3.05, 3.63) is 16.7 Å². The molecule has 0 aliphatic carbocycles. The molecule has 4 N–H and O–H groups in total. The van der Waals surface area contributed by atoms with Crippen molar-refractivity contribution in [3.8, 4) is 0 Å². The van der Waals surface area contributed by atoms with E-state index in [1.807, 2.05) is 0 Å². The van der Waals surface area contributed by atoms with Crippen LogP contribution in [0.25, 0.3) is 11.2 Å². The molecule has 0 radical (unpaired) electrons. The van der Waals surface area contributed by atoms with E-state index in [0.717, 1.165) is 0 Å². The molecular weight excluding hydrogens is 344 g/mol. The predicted molar refractivity (Wildman–Crippen MR) is 92.7 cm³/mol. The number of Topliss-reactive ketones (excluding diaryl/α,β-unsaturated/α-hetero) is 1. The van der Waals surface area contributed by atoms with E-state index in [1.54, 1.807) is 28.2 Å². The van der Waals surface area contributed by atoms with Gasteiger partial charge >= 0.3 is 5.97 Å². The molecule has 0 amide bonds. The molecule has 2 aromatic rings. The molecule has 0 aliphatic heterocycles. The van der Waals surface area contributed by atoms with Gasteiger partial charge in [0, 0.05) is 7.05 Å². The normalized spacial score (nSPS) is 14.2. The molecule has 2 aromatic heterocycles. The number of carboxylic acid groups (broad SMARTS) is 1. The summed E-state index contributed by atoms with van der Waals surface area (Å²) in [6.07, 6.45) is 0.723. The number of aryl methyl sites for hydroxylation is 1. The Bertz CT molecular complexity index is 896. The largest absolute Gasteiger partial charge is 0.481 e. The highest BCUT2D eigenvalue weighted by Crippen LogP contribution is 2.16. The molecule has 0 saturated heterocycles. The summed E-state index contributed by atoms with van der Waals surface area (Å²) in [4.78, 5) is 46.1. The van der Waals surface area contributed by atoms with Gasteiger partial charge in [-0.3, -0.25) is 19.4 Å². The third-order valence-electron chi connectivity index (χ3n) is 3.70. The molecule has 142 valence electrons. The van der Waals surface area contributed by atoms with Gasteiger partial charge in [-0.05, 0) is 0 Å². The van der Waals surface area contributed by atoms with Gasteiger partial charge in [0.25, 0.3) is 5.56 Å². The lowest BCUT2D eigenvalue weighted by Gasteiger charge is -2.33. The van der Waals surface area contributed by atoms with Crippen LogP contribution in [0.5, 0.6) is 0 Å². The summed E-state index contributed by atoms with van der Waals surface area (Å²) in [5.74, 6) is -1.98. The van der Waals surface area contributed by atoms with Crippen molar-refractivity contribution in [2.75, 3.05) is 39.5 Å². The molecule has 0 bridgehead atoms. The van der Waals surface area contributed by atoms with E-state index in [0.29, 0.717) is 0 Å². The van der Waals surface area contributed by atoms with Crippen molar-refractivity contribution in [3.63, 3.8) is 0 Å². The first-order valence-electron chi connectivity index (χ1n) is 7.84. The standard InChI is InChI=1S/C15H22N6O5/c1-20-8-17-12-11(20)13(25)19-14(18-12)16-6-9(22)15(26,5-10(23)24)7-21(2,3)4/h8,26H,5-7H2,1-4H3,(H2-,16,18,19,23,24,25)/p+1. The number of nitrogens with zero attached hydrogens (tertiary/aromatic N) is 4. The Morgan fingerprint density at radius 1 is 1.38 bits per heavy atom. The molecule has 11 heteroatoms. The number of carbonyl (C=O) groups excluding carboxylic acids is 1. The van der Waals surface area contributed by atoms with Crippen molar-refractivity contribution < 1.29 is 24.3 Å². The Hall–Kier alpha value is -2.79. The fourth-order valence-corrected chi connectivity index (χ4v) is 2.75. The van der Waals surface area contributed by atoms with Crippen LogP contribution in [0.3, 0.4) is 0 Å². The number of quaternary nitrogens is 1. The molecule has 2 heterocycles. The number of anilines is 1. The summed E-state index contributed by atoms with van der Waals surface area (Å²) in [7, 11) is 6.87. The van der Waals surface area contributed by atoms with E-state index in [1.165, 1.54) is 10.9 Å². The van der Waals surface area contributed by atoms with Crippen LogP contribution in [-0.4, -0.2) is 85.8 Å². The van der Waals surface area contributed by atoms with E-state index in [9.17, 15) is 19.5 Å². The number of carbonyl (C=O) groups is 2. The Balaban J connectivity index is 2.19. The zero-order valence-electron chi connectivity index (χ0n) is 15.1. The quantitative estimate of drug-likeness (QED) is 0.414. The number of carboxylic acids is 1. The summed E-state index contributed by atoms with van der Waals surface area (Å²) in [5.41, 5.74) is -1.99. The Labute approximate surface area is 148 Å². The molecule has 0 saturated carbocycles. The van der Waals surface area contributed by atoms with Crippen LogP contribution >= 0.6 is 0 Å². The Morgan fingerprint density at radius 2 is 2.04 bits per heavy atom. The lowest BCUT2D eigenvalue weighted by Crippen LogP contribution is -2.56. The zero-order valence-corrected chi connectivity index (χ0v) is 15.1.